The van der Waals surface area contributed by atoms with Gasteiger partial charge in [0.1, 0.15) is 22.0 Å². The van der Waals surface area contributed by atoms with Gasteiger partial charge in [-0.05, 0) is 33.6 Å². The number of β-amino-alcohol motifs (C(OH)–C–C–N with tert-alkyl or cyclic N) is 1. The molecule has 1 aliphatic heterocycles. The van der Waals surface area contributed by atoms with E-state index in [0.717, 1.165) is 4.31 Å². The lowest BCUT2D eigenvalue weighted by Gasteiger charge is -2.35. The number of furan rings is 1. The van der Waals surface area contributed by atoms with Gasteiger partial charge in [-0.15, -0.1) is 0 Å². The van der Waals surface area contributed by atoms with Crippen molar-refractivity contribution >= 4 is 16.0 Å². The second-order valence-corrected chi connectivity index (χ2v) is 7.54. The second-order valence-electron chi connectivity index (χ2n) is 5.66. The molecule has 1 aromatic heterocycles. The van der Waals surface area contributed by atoms with Crippen molar-refractivity contribution in [1.82, 2.24) is 4.31 Å². The van der Waals surface area contributed by atoms with Gasteiger partial charge in [0, 0.05) is 13.1 Å². The van der Waals surface area contributed by atoms with E-state index in [1.807, 2.05) is 0 Å². The van der Waals surface area contributed by atoms with Crippen molar-refractivity contribution in [2.75, 3.05) is 13.1 Å². The summed E-state index contributed by atoms with van der Waals surface area (Å²) in [5.41, 5.74) is -1.45. The monoisotopic (exact) mass is 317 g/mol. The Morgan fingerprint density at radius 1 is 1.33 bits per heavy atom. The average Bonchev–Trinajstić information content (AvgIpc) is 2.63. The van der Waals surface area contributed by atoms with E-state index in [1.165, 1.54) is 13.8 Å². The average molecular weight is 317 g/mol. The first-order chi connectivity index (χ1) is 9.56. The topological polar surface area (TPSA) is 108 Å². The summed E-state index contributed by atoms with van der Waals surface area (Å²) in [7, 11) is -4.02. The maximum atomic E-state index is 12.7. The minimum atomic E-state index is -4.02. The first kappa shape index (κ1) is 16.0. The van der Waals surface area contributed by atoms with Gasteiger partial charge in [-0.3, -0.25) is 0 Å². The van der Waals surface area contributed by atoms with Gasteiger partial charge < -0.3 is 14.6 Å². The molecular weight excluding hydrogens is 298 g/mol. The van der Waals surface area contributed by atoms with Gasteiger partial charge in [0.15, 0.2) is 0 Å². The number of carbonyl (C=O) groups is 1. The van der Waals surface area contributed by atoms with Crippen molar-refractivity contribution in [3.05, 3.63) is 17.1 Å². The Morgan fingerprint density at radius 2 is 1.95 bits per heavy atom. The van der Waals surface area contributed by atoms with Gasteiger partial charge in [0.05, 0.1) is 5.60 Å². The van der Waals surface area contributed by atoms with E-state index in [2.05, 4.69) is 0 Å². The molecule has 0 aromatic carbocycles. The first-order valence-electron chi connectivity index (χ1n) is 6.62. The molecule has 2 rings (SSSR count). The molecule has 0 spiro atoms. The Morgan fingerprint density at radius 3 is 2.48 bits per heavy atom. The van der Waals surface area contributed by atoms with Crippen LogP contribution >= 0.6 is 0 Å². The maximum Gasteiger partial charge on any atom is 0.340 e. The molecule has 0 saturated carbocycles. The summed E-state index contributed by atoms with van der Waals surface area (Å²) in [5.74, 6) is -1.23. The van der Waals surface area contributed by atoms with Crippen molar-refractivity contribution in [3.63, 3.8) is 0 Å². The number of rotatable bonds is 3. The third kappa shape index (κ3) is 2.83. The van der Waals surface area contributed by atoms with E-state index in [9.17, 15) is 23.4 Å². The van der Waals surface area contributed by atoms with Crippen LogP contribution in [0.4, 0.5) is 0 Å². The van der Waals surface area contributed by atoms with E-state index >= 15 is 0 Å². The van der Waals surface area contributed by atoms with E-state index in [1.54, 1.807) is 6.92 Å². The second kappa shape index (κ2) is 5.11. The SMILES string of the molecule is Cc1oc(C)c(S(=O)(=O)N2CCCC(C)(O)C2)c1C(=O)O. The summed E-state index contributed by atoms with van der Waals surface area (Å²) in [6.45, 7) is 4.61. The maximum absolute atomic E-state index is 12.7. The van der Waals surface area contributed by atoms with Crippen LogP contribution in [0.15, 0.2) is 9.31 Å². The molecule has 1 saturated heterocycles. The molecular formula is C13H19NO6S. The number of hydrogen-bond donors (Lipinski definition) is 2. The molecule has 118 valence electrons. The minimum absolute atomic E-state index is 0.0510. The van der Waals surface area contributed by atoms with E-state index in [-0.39, 0.29) is 35.1 Å². The van der Waals surface area contributed by atoms with E-state index in [4.69, 9.17) is 4.42 Å². The van der Waals surface area contributed by atoms with Crippen LogP contribution in [0.1, 0.15) is 41.6 Å². The summed E-state index contributed by atoms with van der Waals surface area (Å²) in [6, 6.07) is 0. The highest BCUT2D eigenvalue weighted by molar-refractivity contribution is 7.89. The van der Waals surface area contributed by atoms with Gasteiger partial charge in [-0.2, -0.15) is 4.31 Å². The molecule has 7 nitrogen and oxygen atoms in total. The van der Waals surface area contributed by atoms with Crippen LogP contribution in [0.5, 0.6) is 0 Å². The summed E-state index contributed by atoms with van der Waals surface area (Å²) in [4.78, 5) is 11.0. The van der Waals surface area contributed by atoms with Gasteiger partial charge in [-0.25, -0.2) is 13.2 Å². The molecule has 0 radical (unpaired) electrons. The molecule has 0 aliphatic carbocycles. The van der Waals surface area contributed by atoms with Gasteiger partial charge in [0.25, 0.3) is 0 Å². The van der Waals surface area contributed by atoms with Crippen LogP contribution in [-0.2, 0) is 10.0 Å². The third-order valence-corrected chi connectivity index (χ3v) is 5.66. The van der Waals surface area contributed by atoms with Crippen molar-refractivity contribution in [3.8, 4) is 0 Å². The molecule has 1 aliphatic rings. The number of piperidine rings is 1. The summed E-state index contributed by atoms with van der Waals surface area (Å²) < 4.78 is 31.8. The molecule has 1 unspecified atom stereocenters. The Hall–Kier alpha value is -1.38. The Bertz CT molecular complexity index is 673. The molecule has 8 heteroatoms. The largest absolute Gasteiger partial charge is 0.478 e. The number of sulfonamides is 1. The Balaban J connectivity index is 2.52. The zero-order chi connectivity index (χ0) is 16.0. The number of hydrogen-bond acceptors (Lipinski definition) is 5. The fourth-order valence-electron chi connectivity index (χ4n) is 2.73. The molecule has 2 N–H and O–H groups in total. The number of carboxylic acids is 1. The van der Waals surface area contributed by atoms with E-state index < -0.39 is 21.6 Å². The van der Waals surface area contributed by atoms with Crippen molar-refractivity contribution in [2.24, 2.45) is 0 Å². The number of aromatic carboxylic acids is 1. The third-order valence-electron chi connectivity index (χ3n) is 3.66. The first-order valence-corrected chi connectivity index (χ1v) is 8.06. The van der Waals surface area contributed by atoms with Gasteiger partial charge in [0.2, 0.25) is 10.0 Å². The number of aryl methyl sites for hydroxylation is 2. The van der Waals surface area contributed by atoms with Crippen LogP contribution in [0.2, 0.25) is 0 Å². The van der Waals surface area contributed by atoms with Crippen LogP contribution in [0, 0.1) is 13.8 Å². The molecule has 1 aromatic rings. The normalized spacial score (nSPS) is 24.2. The van der Waals surface area contributed by atoms with Crippen LogP contribution in [0.3, 0.4) is 0 Å². The lowest BCUT2D eigenvalue weighted by Crippen LogP contribution is -2.48. The standard InChI is InChI=1S/C13H19NO6S/c1-8-10(12(15)16)11(9(2)20-8)21(18,19)14-6-4-5-13(3,17)7-14/h17H,4-7H2,1-3H3,(H,15,16). The smallest absolute Gasteiger partial charge is 0.340 e. The molecule has 1 fully saturated rings. The van der Waals surface area contributed by atoms with Crippen LogP contribution < -0.4 is 0 Å². The molecule has 0 bridgehead atoms. The summed E-state index contributed by atoms with van der Waals surface area (Å²) in [6.07, 6.45) is 1.03. The highest BCUT2D eigenvalue weighted by Crippen LogP contribution is 2.32. The number of carboxylic acid groups (broad SMARTS) is 1. The van der Waals surface area contributed by atoms with Gasteiger partial charge in [-0.1, -0.05) is 0 Å². The fraction of sp³-hybridized carbons (Fsp3) is 0.615. The highest BCUT2D eigenvalue weighted by Gasteiger charge is 2.40. The minimum Gasteiger partial charge on any atom is -0.478 e. The zero-order valence-electron chi connectivity index (χ0n) is 12.2. The van der Waals surface area contributed by atoms with E-state index in [0.29, 0.717) is 12.8 Å². The Kier molecular flexibility index (Phi) is 3.90. The number of aliphatic hydroxyl groups is 1. The molecule has 1 atom stereocenters. The van der Waals surface area contributed by atoms with Crippen molar-refractivity contribution in [2.45, 2.75) is 44.1 Å². The van der Waals surface area contributed by atoms with Crippen LogP contribution in [0.25, 0.3) is 0 Å². The number of nitrogens with zero attached hydrogens (tertiary/aromatic N) is 1. The molecule has 0 amide bonds. The molecule has 2 heterocycles. The van der Waals surface area contributed by atoms with Crippen LogP contribution in [-0.4, -0.2) is 47.6 Å². The van der Waals surface area contributed by atoms with Crippen molar-refractivity contribution < 1.29 is 27.8 Å². The molecule has 21 heavy (non-hydrogen) atoms. The Labute approximate surface area is 123 Å². The van der Waals surface area contributed by atoms with Gasteiger partial charge >= 0.3 is 5.97 Å². The predicted octanol–water partition coefficient (Wildman–Crippen LogP) is 1.13. The quantitative estimate of drug-likeness (QED) is 0.865. The zero-order valence-corrected chi connectivity index (χ0v) is 13.0. The lowest BCUT2D eigenvalue weighted by molar-refractivity contribution is 0.00937. The predicted molar refractivity (Wildman–Crippen MR) is 73.8 cm³/mol. The van der Waals surface area contributed by atoms with Crippen molar-refractivity contribution in [1.29, 1.82) is 0 Å². The fourth-order valence-corrected chi connectivity index (χ4v) is 4.70. The highest BCUT2D eigenvalue weighted by atomic mass is 32.2. The summed E-state index contributed by atoms with van der Waals surface area (Å²) >= 11 is 0. The summed E-state index contributed by atoms with van der Waals surface area (Å²) in [5, 5.41) is 19.3. The lowest BCUT2D eigenvalue weighted by atomic mass is 9.97.